The number of methoxy groups -OCH3 is 1. The highest BCUT2D eigenvalue weighted by Crippen LogP contribution is 2.38. The molecule has 0 saturated carbocycles. The fourth-order valence-corrected chi connectivity index (χ4v) is 10.4. The molecule has 4 unspecified atom stereocenters. The molecule has 3 aliphatic heterocycles. The first-order valence-corrected chi connectivity index (χ1v) is 18.7. The summed E-state index contributed by atoms with van der Waals surface area (Å²) < 4.78 is 37.2. The summed E-state index contributed by atoms with van der Waals surface area (Å²) in [7, 11) is -2.25. The minimum absolute atomic E-state index is 0.0386. The first kappa shape index (κ1) is 30.7. The lowest BCUT2D eigenvalue weighted by molar-refractivity contribution is -0.123. The van der Waals surface area contributed by atoms with Crippen LogP contribution in [0, 0.1) is 0 Å². The topological polar surface area (TPSA) is 83.9 Å². The van der Waals surface area contributed by atoms with E-state index in [4.69, 9.17) is 4.74 Å². The first-order chi connectivity index (χ1) is 22.9. The number of rotatable bonds is 8. The van der Waals surface area contributed by atoms with Crippen LogP contribution in [0.5, 0.6) is 5.75 Å². The highest BCUT2D eigenvalue weighted by molar-refractivity contribution is 7.89. The second kappa shape index (κ2) is 12.4. The molecule has 4 heterocycles. The number of hydrogen-bond acceptors (Lipinski definition) is 5. The van der Waals surface area contributed by atoms with Gasteiger partial charge in [-0.05, 0) is 109 Å². The minimum atomic E-state index is -3.87. The fraction of sp³-hybridized carbons (Fsp3) is 0.447. The van der Waals surface area contributed by atoms with Gasteiger partial charge < -0.3 is 14.6 Å². The van der Waals surface area contributed by atoms with Crippen molar-refractivity contribution in [3.8, 4) is 5.75 Å². The third-order valence-corrected chi connectivity index (χ3v) is 13.1. The maximum atomic E-state index is 14.2. The van der Waals surface area contributed by atoms with Gasteiger partial charge >= 0.3 is 0 Å². The summed E-state index contributed by atoms with van der Waals surface area (Å²) in [6.45, 7) is 1.91. The van der Waals surface area contributed by atoms with Crippen molar-refractivity contribution in [2.24, 2.45) is 0 Å². The number of aromatic nitrogens is 1. The zero-order chi connectivity index (χ0) is 32.1. The molecule has 246 valence electrons. The Hall–Kier alpha value is -3.66. The molecule has 9 heteroatoms. The molecular weight excluding hydrogens is 609 g/mol. The van der Waals surface area contributed by atoms with Crippen molar-refractivity contribution in [3.05, 3.63) is 95.3 Å². The quantitative estimate of drug-likeness (QED) is 0.254. The van der Waals surface area contributed by atoms with E-state index < -0.39 is 16.1 Å². The molecule has 1 N–H and O–H groups in total. The lowest BCUT2D eigenvalue weighted by Gasteiger charge is -2.36. The van der Waals surface area contributed by atoms with Gasteiger partial charge in [0.1, 0.15) is 5.75 Å². The molecular formula is C38H44N4O4S. The Kier molecular flexibility index (Phi) is 8.10. The summed E-state index contributed by atoms with van der Waals surface area (Å²) in [5.74, 6) is 0.614. The third-order valence-electron chi connectivity index (χ3n) is 11.2. The number of hydrogen-bond donors (Lipinski definition) is 1. The summed E-state index contributed by atoms with van der Waals surface area (Å²) in [5, 5.41) is 5.02. The van der Waals surface area contributed by atoms with E-state index in [0.29, 0.717) is 13.1 Å². The predicted molar refractivity (Wildman–Crippen MR) is 183 cm³/mol. The van der Waals surface area contributed by atoms with Crippen LogP contribution in [-0.2, 0) is 40.7 Å². The standard InChI is InChI=1S/C38H44N4O4S/c1-46-34-15-10-30-23-35(16-11-29(30)22-34)47(44,45)42-19-18-40-17-3-6-36(40)37(42)24-38(43)39-31-12-9-27-20-26(7-8-28(27)21-31)25-41-32-4-2-5-33(41)14-13-32/h3,6-8,10-11,15-17,20,22-23,31-33,37H,2,4-5,9,12-14,18-19,21,24-25H2,1H3,(H,39,43). The summed E-state index contributed by atoms with van der Waals surface area (Å²) >= 11 is 0. The number of carbonyl (C=O) groups is 1. The van der Waals surface area contributed by atoms with Crippen molar-refractivity contribution in [1.82, 2.24) is 19.1 Å². The van der Waals surface area contributed by atoms with Gasteiger partial charge in [0, 0.05) is 56.1 Å². The number of ether oxygens (including phenoxy) is 1. The monoisotopic (exact) mass is 652 g/mol. The van der Waals surface area contributed by atoms with Crippen molar-refractivity contribution in [1.29, 1.82) is 0 Å². The zero-order valence-electron chi connectivity index (χ0n) is 27.1. The SMILES string of the molecule is COc1ccc2cc(S(=O)(=O)N3CCn4cccc4C3CC(=O)NC3CCc4cc(CN5C6CCCC5CC6)ccc4C3)ccc2c1. The van der Waals surface area contributed by atoms with Crippen LogP contribution < -0.4 is 10.1 Å². The van der Waals surface area contributed by atoms with Crippen LogP contribution in [0.25, 0.3) is 10.8 Å². The predicted octanol–water partition coefficient (Wildman–Crippen LogP) is 5.98. The van der Waals surface area contributed by atoms with Gasteiger partial charge in [0.25, 0.3) is 0 Å². The largest absolute Gasteiger partial charge is 0.497 e. The molecule has 47 heavy (non-hydrogen) atoms. The number of sulfonamides is 1. The molecule has 1 aromatic heterocycles. The van der Waals surface area contributed by atoms with Crippen LogP contribution in [0.3, 0.4) is 0 Å². The number of nitrogens with one attached hydrogen (secondary N) is 1. The second-order valence-electron chi connectivity index (χ2n) is 13.9. The van der Waals surface area contributed by atoms with E-state index in [1.165, 1.54) is 53.1 Å². The molecule has 8 nitrogen and oxygen atoms in total. The van der Waals surface area contributed by atoms with E-state index in [1.807, 2.05) is 42.6 Å². The van der Waals surface area contributed by atoms with Crippen LogP contribution >= 0.6 is 0 Å². The number of aryl methyl sites for hydroxylation is 1. The van der Waals surface area contributed by atoms with Crippen molar-refractivity contribution in [2.75, 3.05) is 13.7 Å². The van der Waals surface area contributed by atoms with E-state index >= 15 is 0 Å². The fourth-order valence-electron chi connectivity index (χ4n) is 8.75. The summed E-state index contributed by atoms with van der Waals surface area (Å²) in [6.07, 6.45) is 11.5. The van der Waals surface area contributed by atoms with Gasteiger partial charge in [0.15, 0.2) is 0 Å². The first-order valence-electron chi connectivity index (χ1n) is 17.3. The molecule has 3 aromatic carbocycles. The van der Waals surface area contributed by atoms with Gasteiger partial charge in [-0.25, -0.2) is 8.42 Å². The average Bonchev–Trinajstić information content (AvgIpc) is 3.64. The highest BCUT2D eigenvalue weighted by atomic mass is 32.2. The van der Waals surface area contributed by atoms with E-state index in [-0.39, 0.29) is 23.3 Å². The van der Waals surface area contributed by atoms with E-state index in [2.05, 4.69) is 33.0 Å². The summed E-state index contributed by atoms with van der Waals surface area (Å²) in [5.41, 5.74) is 4.99. The highest BCUT2D eigenvalue weighted by Gasteiger charge is 2.39. The van der Waals surface area contributed by atoms with Gasteiger partial charge in [0.2, 0.25) is 15.9 Å². The number of nitrogens with zero attached hydrogens (tertiary/aromatic N) is 3. The van der Waals surface area contributed by atoms with Gasteiger partial charge in [-0.1, -0.05) is 36.8 Å². The van der Waals surface area contributed by atoms with Crippen LogP contribution in [0.2, 0.25) is 0 Å². The lowest BCUT2D eigenvalue weighted by Crippen LogP contribution is -2.45. The van der Waals surface area contributed by atoms with E-state index in [1.54, 1.807) is 19.2 Å². The molecule has 1 amide bonds. The van der Waals surface area contributed by atoms with Gasteiger partial charge in [-0.15, -0.1) is 0 Å². The van der Waals surface area contributed by atoms with Crippen molar-refractivity contribution in [2.45, 2.75) is 99.9 Å². The van der Waals surface area contributed by atoms with Crippen molar-refractivity contribution < 1.29 is 17.9 Å². The summed E-state index contributed by atoms with van der Waals surface area (Å²) in [4.78, 5) is 16.6. The molecule has 2 bridgehead atoms. The van der Waals surface area contributed by atoms with Crippen LogP contribution in [0.4, 0.5) is 0 Å². The number of amides is 1. The second-order valence-corrected chi connectivity index (χ2v) is 15.8. The Bertz CT molecular complexity index is 1900. The molecule has 4 aromatic rings. The van der Waals surface area contributed by atoms with E-state index in [9.17, 15) is 13.2 Å². The molecule has 4 aliphatic rings. The normalized spacial score (nSPS) is 24.5. The Labute approximate surface area is 277 Å². The molecule has 8 rings (SSSR count). The Balaban J connectivity index is 0.961. The third kappa shape index (κ3) is 5.87. The molecule has 0 spiro atoms. The number of fused-ring (bicyclic) bond motifs is 5. The Morgan fingerprint density at radius 1 is 0.894 bits per heavy atom. The molecule has 4 atom stereocenters. The van der Waals surface area contributed by atoms with Crippen LogP contribution in [0.15, 0.2) is 77.8 Å². The summed E-state index contributed by atoms with van der Waals surface area (Å²) in [6, 6.07) is 22.6. The average molecular weight is 653 g/mol. The van der Waals surface area contributed by atoms with Crippen LogP contribution in [0.1, 0.15) is 73.4 Å². The zero-order valence-corrected chi connectivity index (χ0v) is 27.9. The molecule has 1 aliphatic carbocycles. The number of carbonyl (C=O) groups excluding carboxylic acids is 1. The number of benzene rings is 3. The van der Waals surface area contributed by atoms with E-state index in [0.717, 1.165) is 60.1 Å². The molecule has 0 radical (unpaired) electrons. The maximum absolute atomic E-state index is 14.2. The number of piperidine rings is 1. The lowest BCUT2D eigenvalue weighted by atomic mass is 9.87. The smallest absolute Gasteiger partial charge is 0.243 e. The van der Waals surface area contributed by atoms with Crippen molar-refractivity contribution in [3.63, 3.8) is 0 Å². The minimum Gasteiger partial charge on any atom is -0.497 e. The molecule has 2 saturated heterocycles. The maximum Gasteiger partial charge on any atom is 0.243 e. The van der Waals surface area contributed by atoms with Gasteiger partial charge in [-0.2, -0.15) is 4.31 Å². The molecule has 2 fully saturated rings. The van der Waals surface area contributed by atoms with Gasteiger partial charge in [0.05, 0.1) is 18.0 Å². The van der Waals surface area contributed by atoms with Gasteiger partial charge in [-0.3, -0.25) is 9.69 Å². The Morgan fingerprint density at radius 2 is 1.70 bits per heavy atom. The Morgan fingerprint density at radius 3 is 2.53 bits per heavy atom. The van der Waals surface area contributed by atoms with Crippen molar-refractivity contribution >= 4 is 26.7 Å². The van der Waals surface area contributed by atoms with Crippen LogP contribution in [-0.4, -0.2) is 59.9 Å².